The van der Waals surface area contributed by atoms with Crippen molar-refractivity contribution in [2.45, 2.75) is 26.6 Å². The number of halogens is 1. The van der Waals surface area contributed by atoms with E-state index in [9.17, 15) is 0 Å². The summed E-state index contributed by atoms with van der Waals surface area (Å²) in [6, 6.07) is 12.6. The summed E-state index contributed by atoms with van der Waals surface area (Å²) in [6.45, 7) is 4.16. The van der Waals surface area contributed by atoms with Crippen molar-refractivity contribution in [3.05, 3.63) is 59.4 Å². The summed E-state index contributed by atoms with van der Waals surface area (Å²) >= 11 is 6.35. The zero-order valence-electron chi connectivity index (χ0n) is 20.7. The van der Waals surface area contributed by atoms with Crippen LogP contribution in [0.15, 0.2) is 48.8 Å². The van der Waals surface area contributed by atoms with Crippen molar-refractivity contribution in [3.63, 3.8) is 0 Å². The second kappa shape index (κ2) is 11.2. The lowest BCUT2D eigenvalue weighted by Crippen LogP contribution is -2.08. The van der Waals surface area contributed by atoms with Crippen LogP contribution in [0.25, 0.3) is 10.9 Å². The zero-order chi connectivity index (χ0) is 25.7. The van der Waals surface area contributed by atoms with Gasteiger partial charge in [0.1, 0.15) is 41.8 Å². The van der Waals surface area contributed by atoms with Crippen molar-refractivity contribution < 1.29 is 23.7 Å². The number of aromatic nitrogens is 3. The number of nitrogens with zero attached hydrogens (tertiary/aromatic N) is 3. The maximum atomic E-state index is 6.35. The molecule has 2 heterocycles. The molecule has 0 atom stereocenters. The summed E-state index contributed by atoms with van der Waals surface area (Å²) in [5.41, 5.74) is 1.50. The molecule has 0 aliphatic rings. The van der Waals surface area contributed by atoms with Gasteiger partial charge in [-0.2, -0.15) is 4.98 Å². The van der Waals surface area contributed by atoms with Crippen LogP contribution in [-0.4, -0.2) is 42.4 Å². The molecule has 0 unspecified atom stereocenters. The first-order chi connectivity index (χ1) is 17.4. The van der Waals surface area contributed by atoms with Crippen LogP contribution in [0.2, 0.25) is 5.02 Å². The SMILES string of the molecule is COc1ccc(COc2cc(OC(C)C)c3c(Nc4nc(OC)ccc4Cl)ncnc3c2)c(OC)c1. The van der Waals surface area contributed by atoms with Crippen LogP contribution < -0.4 is 29.0 Å². The summed E-state index contributed by atoms with van der Waals surface area (Å²) < 4.78 is 28.2. The van der Waals surface area contributed by atoms with Gasteiger partial charge in [0.05, 0.1) is 43.4 Å². The van der Waals surface area contributed by atoms with Gasteiger partial charge in [0.15, 0.2) is 5.82 Å². The molecule has 1 N–H and O–H groups in total. The van der Waals surface area contributed by atoms with Gasteiger partial charge in [-0.3, -0.25) is 0 Å². The molecule has 9 nitrogen and oxygen atoms in total. The van der Waals surface area contributed by atoms with E-state index in [1.165, 1.54) is 13.4 Å². The third kappa shape index (κ3) is 5.63. The van der Waals surface area contributed by atoms with Crippen molar-refractivity contribution in [1.29, 1.82) is 0 Å². The lowest BCUT2D eigenvalue weighted by atomic mass is 10.2. The second-order valence-corrected chi connectivity index (χ2v) is 8.39. The molecule has 10 heteroatoms. The van der Waals surface area contributed by atoms with E-state index in [1.807, 2.05) is 44.2 Å². The van der Waals surface area contributed by atoms with Gasteiger partial charge in [0.25, 0.3) is 0 Å². The van der Waals surface area contributed by atoms with Crippen LogP contribution in [0, 0.1) is 0 Å². The molecule has 2 aromatic carbocycles. The molecule has 2 aromatic heterocycles. The Kier molecular flexibility index (Phi) is 7.80. The standard InChI is InChI=1S/C26H27ClN4O5/c1-15(2)36-22-12-18(35-13-16-6-7-17(32-3)11-21(16)33-4)10-20-24(22)26(29-14-28-20)31-25-19(27)8-9-23(30-25)34-5/h6-12,14-15H,13H2,1-5H3,(H,28,29,30,31). The Morgan fingerprint density at radius 3 is 2.39 bits per heavy atom. The van der Waals surface area contributed by atoms with E-state index >= 15 is 0 Å². The van der Waals surface area contributed by atoms with E-state index in [2.05, 4.69) is 20.3 Å². The quantitative estimate of drug-likeness (QED) is 0.283. The average Bonchev–Trinajstić information content (AvgIpc) is 2.88. The molecular weight excluding hydrogens is 484 g/mol. The molecule has 36 heavy (non-hydrogen) atoms. The van der Waals surface area contributed by atoms with Gasteiger partial charge in [0.2, 0.25) is 5.88 Å². The lowest BCUT2D eigenvalue weighted by molar-refractivity contribution is 0.242. The highest BCUT2D eigenvalue weighted by Crippen LogP contribution is 2.37. The first kappa shape index (κ1) is 25.1. The third-order valence-electron chi connectivity index (χ3n) is 5.19. The number of fused-ring (bicyclic) bond motifs is 1. The van der Waals surface area contributed by atoms with Crippen molar-refractivity contribution >= 4 is 34.1 Å². The molecule has 4 rings (SSSR count). The molecule has 0 aliphatic carbocycles. The van der Waals surface area contributed by atoms with Crippen LogP contribution in [0.1, 0.15) is 19.4 Å². The minimum absolute atomic E-state index is 0.100. The highest BCUT2D eigenvalue weighted by atomic mass is 35.5. The maximum absolute atomic E-state index is 6.35. The van der Waals surface area contributed by atoms with Gasteiger partial charge in [-0.15, -0.1) is 0 Å². The van der Waals surface area contributed by atoms with Gasteiger partial charge in [-0.1, -0.05) is 11.6 Å². The lowest BCUT2D eigenvalue weighted by Gasteiger charge is -2.17. The zero-order valence-corrected chi connectivity index (χ0v) is 21.4. The smallest absolute Gasteiger partial charge is 0.214 e. The van der Waals surface area contributed by atoms with Gasteiger partial charge in [-0.05, 0) is 32.0 Å². The number of hydrogen-bond acceptors (Lipinski definition) is 9. The summed E-state index contributed by atoms with van der Waals surface area (Å²) in [4.78, 5) is 13.2. The summed E-state index contributed by atoms with van der Waals surface area (Å²) in [7, 11) is 4.76. The Hall–Kier alpha value is -3.98. The molecule has 0 fully saturated rings. The normalized spacial score (nSPS) is 10.9. The Morgan fingerprint density at radius 2 is 1.67 bits per heavy atom. The molecule has 0 radical (unpaired) electrons. The molecule has 0 saturated carbocycles. The van der Waals surface area contributed by atoms with Gasteiger partial charge in [-0.25, -0.2) is 9.97 Å². The van der Waals surface area contributed by atoms with Crippen LogP contribution in [-0.2, 0) is 6.61 Å². The molecule has 4 aromatic rings. The number of methoxy groups -OCH3 is 3. The Labute approximate surface area is 214 Å². The number of benzene rings is 2. The van der Waals surface area contributed by atoms with Crippen molar-refractivity contribution in [1.82, 2.24) is 15.0 Å². The maximum Gasteiger partial charge on any atom is 0.214 e. The van der Waals surface area contributed by atoms with Crippen LogP contribution >= 0.6 is 11.6 Å². The molecule has 0 saturated heterocycles. The van der Waals surface area contributed by atoms with Crippen molar-refractivity contribution in [3.8, 4) is 28.9 Å². The minimum atomic E-state index is -0.100. The van der Waals surface area contributed by atoms with Gasteiger partial charge >= 0.3 is 0 Å². The molecule has 188 valence electrons. The highest BCUT2D eigenvalue weighted by Gasteiger charge is 2.17. The molecule has 0 aliphatic heterocycles. The van der Waals surface area contributed by atoms with Gasteiger partial charge < -0.3 is 29.0 Å². The highest BCUT2D eigenvalue weighted by molar-refractivity contribution is 6.33. The monoisotopic (exact) mass is 510 g/mol. The molecular formula is C26H27ClN4O5. The summed E-state index contributed by atoms with van der Waals surface area (Å²) in [5, 5.41) is 4.27. The molecule has 0 spiro atoms. The number of anilines is 2. The Balaban J connectivity index is 1.70. The van der Waals surface area contributed by atoms with Crippen molar-refractivity contribution in [2.75, 3.05) is 26.6 Å². The fourth-order valence-corrected chi connectivity index (χ4v) is 3.68. The number of hydrogen-bond donors (Lipinski definition) is 1. The predicted molar refractivity (Wildman–Crippen MR) is 138 cm³/mol. The van der Waals surface area contributed by atoms with Crippen LogP contribution in [0.3, 0.4) is 0 Å². The summed E-state index contributed by atoms with van der Waals surface area (Å²) in [6.07, 6.45) is 1.35. The number of rotatable bonds is 10. The Morgan fingerprint density at radius 1 is 0.861 bits per heavy atom. The number of pyridine rings is 1. The first-order valence-corrected chi connectivity index (χ1v) is 11.6. The van der Waals surface area contributed by atoms with E-state index in [0.717, 1.165) is 5.56 Å². The fourth-order valence-electron chi connectivity index (χ4n) is 3.52. The topological polar surface area (TPSA) is 96.9 Å². The number of nitrogens with one attached hydrogen (secondary N) is 1. The molecule has 0 bridgehead atoms. The van der Waals surface area contributed by atoms with Crippen LogP contribution in [0.4, 0.5) is 11.6 Å². The molecule has 0 amide bonds. The van der Waals surface area contributed by atoms with E-state index in [0.29, 0.717) is 56.4 Å². The van der Waals surface area contributed by atoms with E-state index < -0.39 is 0 Å². The minimum Gasteiger partial charge on any atom is -0.497 e. The Bertz CT molecular complexity index is 1370. The second-order valence-electron chi connectivity index (χ2n) is 7.98. The number of ether oxygens (including phenoxy) is 5. The fraction of sp³-hybridized carbons (Fsp3) is 0.269. The average molecular weight is 511 g/mol. The van der Waals surface area contributed by atoms with Gasteiger partial charge in [0, 0.05) is 29.8 Å². The van der Waals surface area contributed by atoms with Crippen LogP contribution in [0.5, 0.6) is 28.9 Å². The van der Waals surface area contributed by atoms with E-state index in [-0.39, 0.29) is 12.7 Å². The predicted octanol–water partition coefficient (Wildman–Crippen LogP) is 5.81. The van der Waals surface area contributed by atoms with E-state index in [1.54, 1.807) is 26.4 Å². The summed E-state index contributed by atoms with van der Waals surface area (Å²) in [5.74, 6) is 3.82. The largest absolute Gasteiger partial charge is 0.497 e. The third-order valence-corrected chi connectivity index (χ3v) is 5.50. The first-order valence-electron chi connectivity index (χ1n) is 11.2. The van der Waals surface area contributed by atoms with E-state index in [4.69, 9.17) is 35.3 Å². The van der Waals surface area contributed by atoms with Crippen molar-refractivity contribution in [2.24, 2.45) is 0 Å².